The molecular weight excluding hydrogens is 356 g/mol. The monoisotopic (exact) mass is 380 g/mol. The predicted molar refractivity (Wildman–Crippen MR) is 105 cm³/mol. The maximum Gasteiger partial charge on any atom is 0.409 e. The first-order valence-electron chi connectivity index (χ1n) is 9.64. The van der Waals surface area contributed by atoms with E-state index in [9.17, 15) is 14.7 Å². The first-order chi connectivity index (χ1) is 13.6. The molecule has 28 heavy (non-hydrogen) atoms. The molecule has 2 aromatic rings. The molecule has 146 valence electrons. The molecule has 0 aromatic heterocycles. The molecule has 0 radical (unpaired) electrons. The lowest BCUT2D eigenvalue weighted by Gasteiger charge is -2.22. The Morgan fingerprint density at radius 1 is 1.00 bits per heavy atom. The van der Waals surface area contributed by atoms with E-state index < -0.39 is 24.0 Å². The van der Waals surface area contributed by atoms with Crippen LogP contribution in [-0.4, -0.2) is 47.8 Å². The second kappa shape index (κ2) is 7.64. The second-order valence-corrected chi connectivity index (χ2v) is 7.48. The van der Waals surface area contributed by atoms with Gasteiger partial charge in [0.2, 0.25) is 0 Å². The van der Waals surface area contributed by atoms with Gasteiger partial charge in [-0.1, -0.05) is 48.5 Å². The number of carboxylic acids is 1. The van der Waals surface area contributed by atoms with Crippen LogP contribution in [0, 0.1) is 5.92 Å². The summed E-state index contributed by atoms with van der Waals surface area (Å²) in [6.07, 6.45) is 0.405. The fourth-order valence-electron chi connectivity index (χ4n) is 4.30. The highest BCUT2D eigenvalue weighted by molar-refractivity contribution is 5.79. The minimum absolute atomic E-state index is 0.0114. The number of benzene rings is 2. The van der Waals surface area contributed by atoms with Gasteiger partial charge < -0.3 is 20.5 Å². The minimum Gasteiger partial charge on any atom is -0.481 e. The van der Waals surface area contributed by atoms with Crippen molar-refractivity contribution in [2.24, 2.45) is 11.7 Å². The van der Waals surface area contributed by atoms with Crippen LogP contribution in [0.5, 0.6) is 0 Å². The van der Waals surface area contributed by atoms with E-state index in [1.54, 1.807) is 4.90 Å². The quantitative estimate of drug-likeness (QED) is 0.854. The average Bonchev–Trinajstić information content (AvgIpc) is 2.87. The van der Waals surface area contributed by atoms with E-state index in [-0.39, 0.29) is 12.5 Å². The smallest absolute Gasteiger partial charge is 0.409 e. The molecular formula is C22H24N2O4. The molecule has 4 rings (SSSR count). The van der Waals surface area contributed by atoms with Gasteiger partial charge in [0.25, 0.3) is 0 Å². The van der Waals surface area contributed by atoms with Gasteiger partial charge in [0, 0.05) is 25.0 Å². The Morgan fingerprint density at radius 2 is 1.57 bits per heavy atom. The van der Waals surface area contributed by atoms with Crippen molar-refractivity contribution in [3.05, 3.63) is 59.7 Å². The molecule has 2 unspecified atom stereocenters. The van der Waals surface area contributed by atoms with E-state index in [0.29, 0.717) is 25.9 Å². The van der Waals surface area contributed by atoms with Crippen molar-refractivity contribution < 1.29 is 19.4 Å². The number of hydrogen-bond donors (Lipinski definition) is 2. The third kappa shape index (κ3) is 3.36. The summed E-state index contributed by atoms with van der Waals surface area (Å²) in [5, 5.41) is 9.28. The summed E-state index contributed by atoms with van der Waals surface area (Å²) in [6.45, 7) is 1.03. The Bertz CT molecular complexity index is 852. The number of likely N-dealkylation sites (tertiary alicyclic amines) is 1. The van der Waals surface area contributed by atoms with Gasteiger partial charge in [-0.2, -0.15) is 0 Å². The van der Waals surface area contributed by atoms with Gasteiger partial charge in [-0.15, -0.1) is 0 Å². The largest absolute Gasteiger partial charge is 0.481 e. The number of fused-ring (bicyclic) bond motifs is 3. The van der Waals surface area contributed by atoms with Crippen LogP contribution in [-0.2, 0) is 9.53 Å². The summed E-state index contributed by atoms with van der Waals surface area (Å²) in [6, 6.07) is 15.9. The molecule has 6 nitrogen and oxygen atoms in total. The lowest BCUT2D eigenvalue weighted by Crippen LogP contribution is -2.35. The lowest BCUT2D eigenvalue weighted by molar-refractivity contribution is -0.142. The Hall–Kier alpha value is -2.86. The lowest BCUT2D eigenvalue weighted by atomic mass is 9.96. The number of hydrogen-bond acceptors (Lipinski definition) is 4. The number of nitrogens with two attached hydrogens (primary N) is 1. The highest BCUT2D eigenvalue weighted by atomic mass is 16.6. The van der Waals surface area contributed by atoms with E-state index in [1.165, 1.54) is 22.3 Å². The molecule has 0 saturated carbocycles. The molecule has 1 aliphatic carbocycles. The van der Waals surface area contributed by atoms with Crippen LogP contribution in [0.15, 0.2) is 48.5 Å². The van der Waals surface area contributed by atoms with Crippen LogP contribution < -0.4 is 5.73 Å². The van der Waals surface area contributed by atoms with Gasteiger partial charge in [0.05, 0.1) is 5.92 Å². The third-order valence-electron chi connectivity index (χ3n) is 5.87. The number of amides is 1. The number of nitrogens with zero attached hydrogens (tertiary/aromatic N) is 1. The molecule has 1 aliphatic heterocycles. The fraction of sp³-hybridized carbons (Fsp3) is 0.364. The van der Waals surface area contributed by atoms with Gasteiger partial charge in [-0.3, -0.25) is 4.79 Å². The Kier molecular flexibility index (Phi) is 5.05. The standard InChI is InChI=1S/C22H24N2O4/c23-20-10-12-24(11-9-18(20)21(25)26)22(27)28-13-19-16-7-3-1-5-14(16)15-6-2-4-8-17(15)19/h1-8,18-20H,9-13,23H2,(H,25,26). The van der Waals surface area contributed by atoms with Crippen molar-refractivity contribution in [2.45, 2.75) is 24.8 Å². The summed E-state index contributed by atoms with van der Waals surface area (Å²) < 4.78 is 5.66. The van der Waals surface area contributed by atoms with Gasteiger partial charge >= 0.3 is 12.1 Å². The van der Waals surface area contributed by atoms with Gasteiger partial charge in [-0.25, -0.2) is 4.79 Å². The molecule has 6 heteroatoms. The van der Waals surface area contributed by atoms with Crippen LogP contribution in [0.1, 0.15) is 29.9 Å². The third-order valence-corrected chi connectivity index (χ3v) is 5.87. The molecule has 1 heterocycles. The number of carbonyl (C=O) groups is 2. The van der Waals surface area contributed by atoms with Crippen molar-refractivity contribution in [3.63, 3.8) is 0 Å². The molecule has 2 aromatic carbocycles. The van der Waals surface area contributed by atoms with Gasteiger partial charge in [-0.05, 0) is 35.1 Å². The summed E-state index contributed by atoms with van der Waals surface area (Å²) in [4.78, 5) is 25.5. The van der Waals surface area contributed by atoms with Crippen molar-refractivity contribution in [1.29, 1.82) is 0 Å². The Labute approximate surface area is 163 Å². The van der Waals surface area contributed by atoms with Gasteiger partial charge in [0.1, 0.15) is 6.61 Å². The SMILES string of the molecule is NC1CCN(C(=O)OCC2c3ccccc3-c3ccccc32)CCC1C(=O)O. The van der Waals surface area contributed by atoms with Crippen molar-refractivity contribution in [3.8, 4) is 11.1 Å². The predicted octanol–water partition coefficient (Wildman–Crippen LogP) is 3.06. The first kappa shape index (κ1) is 18.5. The molecule has 2 atom stereocenters. The first-order valence-corrected chi connectivity index (χ1v) is 9.64. The molecule has 0 bridgehead atoms. The molecule has 1 saturated heterocycles. The molecule has 2 aliphatic rings. The van der Waals surface area contributed by atoms with Crippen molar-refractivity contribution in [1.82, 2.24) is 4.90 Å². The summed E-state index contributed by atoms with van der Waals surface area (Å²) in [7, 11) is 0. The number of ether oxygens (including phenoxy) is 1. The van der Waals surface area contributed by atoms with Crippen LogP contribution in [0.25, 0.3) is 11.1 Å². The summed E-state index contributed by atoms with van der Waals surface area (Å²) in [5.74, 6) is -1.51. The second-order valence-electron chi connectivity index (χ2n) is 7.48. The van der Waals surface area contributed by atoms with Gasteiger partial charge in [0.15, 0.2) is 0 Å². The Balaban J connectivity index is 1.45. The van der Waals surface area contributed by atoms with Crippen LogP contribution in [0.3, 0.4) is 0 Å². The van der Waals surface area contributed by atoms with Crippen LogP contribution in [0.2, 0.25) is 0 Å². The molecule has 1 fully saturated rings. The Morgan fingerprint density at radius 3 is 2.18 bits per heavy atom. The zero-order valence-electron chi connectivity index (χ0n) is 15.6. The highest BCUT2D eigenvalue weighted by Gasteiger charge is 2.33. The zero-order chi connectivity index (χ0) is 19.7. The number of aliphatic carboxylic acids is 1. The normalized spacial score (nSPS) is 21.5. The zero-order valence-corrected chi connectivity index (χ0v) is 15.6. The topological polar surface area (TPSA) is 92.9 Å². The van der Waals surface area contributed by atoms with E-state index in [4.69, 9.17) is 10.5 Å². The number of carbonyl (C=O) groups excluding carboxylic acids is 1. The van der Waals surface area contributed by atoms with Crippen LogP contribution in [0.4, 0.5) is 4.79 Å². The summed E-state index contributed by atoms with van der Waals surface area (Å²) in [5.41, 5.74) is 10.7. The van der Waals surface area contributed by atoms with E-state index >= 15 is 0 Å². The summed E-state index contributed by atoms with van der Waals surface area (Å²) >= 11 is 0. The van der Waals surface area contributed by atoms with E-state index in [0.717, 1.165) is 0 Å². The number of carboxylic acid groups (broad SMARTS) is 1. The molecule has 0 spiro atoms. The van der Waals surface area contributed by atoms with Crippen molar-refractivity contribution >= 4 is 12.1 Å². The minimum atomic E-state index is -0.901. The van der Waals surface area contributed by atoms with Crippen molar-refractivity contribution in [2.75, 3.05) is 19.7 Å². The highest BCUT2D eigenvalue weighted by Crippen LogP contribution is 2.44. The number of rotatable bonds is 3. The van der Waals surface area contributed by atoms with E-state index in [1.807, 2.05) is 24.3 Å². The molecule has 1 amide bonds. The molecule has 3 N–H and O–H groups in total. The maximum atomic E-state index is 12.6. The van der Waals surface area contributed by atoms with Crippen LogP contribution >= 0.6 is 0 Å². The maximum absolute atomic E-state index is 12.6. The van der Waals surface area contributed by atoms with E-state index in [2.05, 4.69) is 24.3 Å². The fourth-order valence-corrected chi connectivity index (χ4v) is 4.30. The average molecular weight is 380 g/mol.